The highest BCUT2D eigenvalue weighted by Gasteiger charge is 2.34. The van der Waals surface area contributed by atoms with Crippen LogP contribution >= 0.6 is 0 Å². The second kappa shape index (κ2) is 2.79. The van der Waals surface area contributed by atoms with E-state index in [1.54, 1.807) is 0 Å². The van der Waals surface area contributed by atoms with E-state index in [0.29, 0.717) is 12.1 Å². The number of ether oxygens (including phenoxy) is 1. The number of fused-ring (bicyclic) bond motifs is 1. The fourth-order valence-electron chi connectivity index (χ4n) is 1.52. The smallest absolute Gasteiger partial charge is 0.198 e. The van der Waals surface area contributed by atoms with Gasteiger partial charge in [0.25, 0.3) is 0 Å². The zero-order chi connectivity index (χ0) is 7.68. The lowest BCUT2D eigenvalue weighted by atomic mass is 10.2. The van der Waals surface area contributed by atoms with Crippen LogP contribution in [0, 0.1) is 0 Å². The van der Waals surface area contributed by atoms with Gasteiger partial charge in [0.15, 0.2) is 5.90 Å². The summed E-state index contributed by atoms with van der Waals surface area (Å²) < 4.78 is 5.55. The van der Waals surface area contributed by atoms with Crippen LogP contribution in [0.5, 0.6) is 0 Å². The van der Waals surface area contributed by atoms with Crippen molar-refractivity contribution in [2.45, 2.75) is 12.1 Å². The summed E-state index contributed by atoms with van der Waals surface area (Å²) in [5.41, 5.74) is 0. The van der Waals surface area contributed by atoms with Crippen LogP contribution in [0.15, 0.2) is 4.99 Å². The highest BCUT2D eigenvalue weighted by molar-refractivity contribution is 5.80. The van der Waals surface area contributed by atoms with Crippen molar-refractivity contribution in [1.82, 2.24) is 10.6 Å². The van der Waals surface area contributed by atoms with Crippen molar-refractivity contribution in [3.8, 4) is 0 Å². The van der Waals surface area contributed by atoms with Crippen LogP contribution in [0.25, 0.3) is 0 Å². The second-order valence-corrected chi connectivity index (χ2v) is 2.94. The molecule has 0 saturated carbocycles. The molecule has 0 aliphatic carbocycles. The van der Waals surface area contributed by atoms with Crippen LogP contribution in [-0.2, 0) is 4.74 Å². The molecular weight excluding hydrogens is 142 g/mol. The van der Waals surface area contributed by atoms with E-state index in [1.165, 1.54) is 0 Å². The van der Waals surface area contributed by atoms with Crippen LogP contribution in [0.4, 0.5) is 0 Å². The summed E-state index contributed by atoms with van der Waals surface area (Å²) in [7, 11) is 1.90. The van der Waals surface area contributed by atoms with Crippen LogP contribution in [0.3, 0.4) is 0 Å². The average Bonchev–Trinajstić information content (AvgIpc) is 2.46. The highest BCUT2D eigenvalue weighted by atomic mass is 16.5. The number of aliphatic imine (C=N–C) groups is 1. The predicted molar refractivity (Wildman–Crippen MR) is 42.9 cm³/mol. The monoisotopic (exact) mass is 155 g/mol. The maximum absolute atomic E-state index is 5.55. The van der Waals surface area contributed by atoms with Crippen molar-refractivity contribution >= 4 is 5.90 Å². The third-order valence-electron chi connectivity index (χ3n) is 2.05. The van der Waals surface area contributed by atoms with E-state index in [-0.39, 0.29) is 0 Å². The minimum atomic E-state index is 0.304. The number of rotatable bonds is 2. The van der Waals surface area contributed by atoms with Crippen molar-refractivity contribution in [2.75, 3.05) is 26.7 Å². The first-order valence-electron chi connectivity index (χ1n) is 3.99. The molecule has 0 aromatic carbocycles. The van der Waals surface area contributed by atoms with Crippen LogP contribution in [-0.4, -0.2) is 44.7 Å². The number of hydrogen-bond donors (Lipinski definition) is 2. The molecule has 0 spiro atoms. The van der Waals surface area contributed by atoms with E-state index in [4.69, 9.17) is 4.74 Å². The van der Waals surface area contributed by atoms with E-state index in [9.17, 15) is 0 Å². The Morgan fingerprint density at radius 2 is 2.64 bits per heavy atom. The lowest BCUT2D eigenvalue weighted by Crippen LogP contribution is -2.24. The Labute approximate surface area is 66.0 Å². The second-order valence-electron chi connectivity index (χ2n) is 2.94. The highest BCUT2D eigenvalue weighted by Crippen LogP contribution is 2.16. The van der Waals surface area contributed by atoms with E-state index >= 15 is 0 Å². The number of nitrogens with zero attached hydrogens (tertiary/aromatic N) is 1. The summed E-state index contributed by atoms with van der Waals surface area (Å²) in [5.74, 6) is 0.865. The van der Waals surface area contributed by atoms with Crippen LogP contribution in [0.2, 0.25) is 0 Å². The molecule has 1 fully saturated rings. The van der Waals surface area contributed by atoms with Crippen LogP contribution < -0.4 is 10.6 Å². The van der Waals surface area contributed by atoms with Gasteiger partial charge in [-0.15, -0.1) is 0 Å². The van der Waals surface area contributed by atoms with Crippen molar-refractivity contribution in [2.24, 2.45) is 4.99 Å². The zero-order valence-corrected chi connectivity index (χ0v) is 6.63. The summed E-state index contributed by atoms with van der Waals surface area (Å²) in [4.78, 5) is 4.41. The van der Waals surface area contributed by atoms with Gasteiger partial charge in [-0.25, -0.2) is 4.99 Å². The van der Waals surface area contributed by atoms with Crippen molar-refractivity contribution in [3.05, 3.63) is 0 Å². The van der Waals surface area contributed by atoms with Gasteiger partial charge in [0.05, 0.1) is 6.54 Å². The molecule has 0 radical (unpaired) electrons. The Hall–Kier alpha value is -0.610. The molecule has 0 amide bonds. The average molecular weight is 155 g/mol. The molecule has 2 heterocycles. The van der Waals surface area contributed by atoms with Gasteiger partial charge in [-0.1, -0.05) is 0 Å². The van der Waals surface area contributed by atoms with E-state index in [1.807, 2.05) is 7.05 Å². The minimum Gasteiger partial charge on any atom is -0.473 e. The first kappa shape index (κ1) is 7.06. The van der Waals surface area contributed by atoms with Crippen molar-refractivity contribution in [1.29, 1.82) is 0 Å². The molecule has 4 nitrogen and oxygen atoms in total. The summed E-state index contributed by atoms with van der Waals surface area (Å²) in [6.45, 7) is 2.67. The molecule has 0 aromatic rings. The standard InChI is InChI=1S/C7H13N3O/c1-8-4-7-10-5-2-9-3-6(5)11-7/h5-6,8-9H,2-4H2,1H3. The topological polar surface area (TPSA) is 45.7 Å². The molecule has 2 N–H and O–H groups in total. The molecule has 4 heteroatoms. The number of likely N-dealkylation sites (N-methyl/N-ethyl adjacent to an activating group) is 1. The molecule has 2 rings (SSSR count). The van der Waals surface area contributed by atoms with Crippen LogP contribution in [0.1, 0.15) is 0 Å². The van der Waals surface area contributed by atoms with Gasteiger partial charge in [0, 0.05) is 13.1 Å². The summed E-state index contributed by atoms with van der Waals surface area (Å²) >= 11 is 0. The Bertz CT molecular complexity index is 181. The first-order valence-corrected chi connectivity index (χ1v) is 3.99. The van der Waals surface area contributed by atoms with Gasteiger partial charge in [-0.3, -0.25) is 0 Å². The maximum atomic E-state index is 5.55. The lowest BCUT2D eigenvalue weighted by molar-refractivity contribution is 0.220. The van der Waals surface area contributed by atoms with Gasteiger partial charge in [-0.2, -0.15) is 0 Å². The molecule has 2 aliphatic heterocycles. The van der Waals surface area contributed by atoms with Gasteiger partial charge in [0.1, 0.15) is 12.1 Å². The van der Waals surface area contributed by atoms with Gasteiger partial charge in [-0.05, 0) is 7.05 Å². The van der Waals surface area contributed by atoms with Gasteiger partial charge >= 0.3 is 0 Å². The van der Waals surface area contributed by atoms with E-state index < -0.39 is 0 Å². The normalized spacial score (nSPS) is 34.8. The number of hydrogen-bond acceptors (Lipinski definition) is 4. The molecule has 62 valence electrons. The van der Waals surface area contributed by atoms with Crippen molar-refractivity contribution in [3.63, 3.8) is 0 Å². The summed E-state index contributed by atoms with van der Waals surface area (Å²) in [6, 6.07) is 0.373. The Kier molecular flexibility index (Phi) is 1.79. The maximum Gasteiger partial charge on any atom is 0.198 e. The molecule has 0 bridgehead atoms. The largest absolute Gasteiger partial charge is 0.473 e. The molecule has 2 aliphatic rings. The lowest BCUT2D eigenvalue weighted by Gasteiger charge is -2.06. The third-order valence-corrected chi connectivity index (χ3v) is 2.05. The first-order chi connectivity index (χ1) is 5.40. The Morgan fingerprint density at radius 3 is 3.36 bits per heavy atom. The molecule has 2 atom stereocenters. The van der Waals surface area contributed by atoms with Gasteiger partial charge < -0.3 is 15.4 Å². The third kappa shape index (κ3) is 1.23. The van der Waals surface area contributed by atoms with Gasteiger partial charge in [0.2, 0.25) is 0 Å². The SMILES string of the molecule is CNCC1=NC2CNCC2O1. The fraction of sp³-hybridized carbons (Fsp3) is 0.857. The summed E-state index contributed by atoms with van der Waals surface area (Å²) in [6.07, 6.45) is 0.304. The van der Waals surface area contributed by atoms with Crippen molar-refractivity contribution < 1.29 is 4.74 Å². The summed E-state index contributed by atoms with van der Waals surface area (Å²) in [5, 5.41) is 6.26. The Morgan fingerprint density at radius 1 is 1.73 bits per heavy atom. The molecule has 0 aromatic heterocycles. The zero-order valence-electron chi connectivity index (χ0n) is 6.63. The molecule has 1 saturated heterocycles. The quantitative estimate of drug-likeness (QED) is 0.536. The Balaban J connectivity index is 1.96. The van der Waals surface area contributed by atoms with E-state index in [2.05, 4.69) is 15.6 Å². The van der Waals surface area contributed by atoms with E-state index in [0.717, 1.165) is 25.5 Å². The number of nitrogens with one attached hydrogen (secondary N) is 2. The minimum absolute atomic E-state index is 0.304. The molecular formula is C7H13N3O. The predicted octanol–water partition coefficient (Wildman–Crippen LogP) is -1.03. The fourth-order valence-corrected chi connectivity index (χ4v) is 1.52. The molecule has 11 heavy (non-hydrogen) atoms. The molecule has 2 unspecified atom stereocenters.